The van der Waals surface area contributed by atoms with Crippen molar-refractivity contribution in [1.82, 2.24) is 14.9 Å². The van der Waals surface area contributed by atoms with Crippen LogP contribution in [0.15, 0.2) is 84.5 Å². The molecule has 158 valence electrons. The normalized spacial score (nSPS) is 14.9. The lowest BCUT2D eigenvalue weighted by molar-refractivity contribution is 0.250. The number of hydrogen-bond acceptors (Lipinski definition) is 5. The van der Waals surface area contributed by atoms with Gasteiger partial charge in [0.15, 0.2) is 0 Å². The van der Waals surface area contributed by atoms with Gasteiger partial charge in [-0.15, -0.1) is 11.3 Å². The summed E-state index contributed by atoms with van der Waals surface area (Å²) in [6.45, 7) is 4.99. The molecular formula is C27H24N4S. The van der Waals surface area contributed by atoms with Gasteiger partial charge in [-0.1, -0.05) is 72.8 Å². The van der Waals surface area contributed by atoms with Crippen molar-refractivity contribution in [2.45, 2.75) is 6.54 Å². The van der Waals surface area contributed by atoms with Gasteiger partial charge in [-0.25, -0.2) is 9.97 Å². The first-order valence-electron chi connectivity index (χ1n) is 11.1. The number of piperazine rings is 1. The van der Waals surface area contributed by atoms with Crippen LogP contribution in [0, 0.1) is 0 Å². The summed E-state index contributed by atoms with van der Waals surface area (Å²) in [7, 11) is 0. The number of anilines is 1. The van der Waals surface area contributed by atoms with E-state index in [1.54, 1.807) is 17.7 Å². The zero-order chi connectivity index (χ0) is 21.3. The molecule has 1 fully saturated rings. The van der Waals surface area contributed by atoms with Gasteiger partial charge in [0.25, 0.3) is 0 Å². The Balaban J connectivity index is 1.24. The molecule has 0 unspecified atom stereocenters. The van der Waals surface area contributed by atoms with E-state index >= 15 is 0 Å². The van der Waals surface area contributed by atoms with Crippen LogP contribution in [0.2, 0.25) is 0 Å². The number of hydrogen-bond donors (Lipinski definition) is 0. The Bertz CT molecular complexity index is 1370. The van der Waals surface area contributed by atoms with Crippen molar-refractivity contribution in [2.75, 3.05) is 31.1 Å². The fraction of sp³-hybridized carbons (Fsp3) is 0.185. The molecule has 1 aliphatic heterocycles. The van der Waals surface area contributed by atoms with Crippen molar-refractivity contribution in [1.29, 1.82) is 0 Å². The van der Waals surface area contributed by atoms with Gasteiger partial charge in [-0.3, -0.25) is 4.90 Å². The third-order valence-corrected chi connectivity index (χ3v) is 7.27. The Kier molecular flexibility index (Phi) is 5.06. The maximum atomic E-state index is 4.74. The van der Waals surface area contributed by atoms with Gasteiger partial charge in [0.05, 0.1) is 5.39 Å². The molecule has 1 saturated heterocycles. The second-order valence-electron chi connectivity index (χ2n) is 8.29. The lowest BCUT2D eigenvalue weighted by Crippen LogP contribution is -2.46. The second kappa shape index (κ2) is 8.34. The highest BCUT2D eigenvalue weighted by atomic mass is 32.1. The van der Waals surface area contributed by atoms with Gasteiger partial charge < -0.3 is 4.90 Å². The average molecular weight is 437 g/mol. The van der Waals surface area contributed by atoms with Crippen LogP contribution in [0.25, 0.3) is 32.1 Å². The molecule has 3 aromatic carbocycles. The monoisotopic (exact) mass is 436 g/mol. The smallest absolute Gasteiger partial charge is 0.141 e. The van der Waals surface area contributed by atoms with Gasteiger partial charge >= 0.3 is 0 Å². The van der Waals surface area contributed by atoms with Crippen molar-refractivity contribution in [3.8, 4) is 11.1 Å². The minimum absolute atomic E-state index is 0.973. The summed E-state index contributed by atoms with van der Waals surface area (Å²) in [5, 5.41) is 6.08. The second-order valence-corrected chi connectivity index (χ2v) is 9.15. The summed E-state index contributed by atoms with van der Waals surface area (Å²) in [6.07, 6.45) is 1.71. The molecule has 32 heavy (non-hydrogen) atoms. The summed E-state index contributed by atoms with van der Waals surface area (Å²) in [6, 6.07) is 25.9. The van der Waals surface area contributed by atoms with E-state index in [1.165, 1.54) is 32.8 Å². The van der Waals surface area contributed by atoms with Gasteiger partial charge in [-0.05, 0) is 21.9 Å². The molecule has 2 aromatic heterocycles. The molecule has 6 rings (SSSR count). The molecule has 0 atom stereocenters. The first-order valence-corrected chi connectivity index (χ1v) is 12.0. The van der Waals surface area contributed by atoms with E-state index in [0.29, 0.717) is 0 Å². The van der Waals surface area contributed by atoms with Crippen LogP contribution in [0.4, 0.5) is 5.82 Å². The van der Waals surface area contributed by atoms with Crippen molar-refractivity contribution in [2.24, 2.45) is 0 Å². The summed E-state index contributed by atoms with van der Waals surface area (Å²) >= 11 is 1.70. The first kappa shape index (κ1) is 19.4. The van der Waals surface area contributed by atoms with Crippen LogP contribution in [0.5, 0.6) is 0 Å². The molecule has 0 spiro atoms. The fourth-order valence-electron chi connectivity index (χ4n) is 4.72. The van der Waals surface area contributed by atoms with Crippen LogP contribution in [0.1, 0.15) is 5.56 Å². The molecule has 0 aliphatic carbocycles. The Morgan fingerprint density at radius 1 is 0.781 bits per heavy atom. The van der Waals surface area contributed by atoms with Gasteiger partial charge in [0.2, 0.25) is 0 Å². The molecule has 3 heterocycles. The lowest BCUT2D eigenvalue weighted by Gasteiger charge is -2.36. The fourth-order valence-corrected chi connectivity index (χ4v) is 5.63. The Labute approximate surface area is 191 Å². The van der Waals surface area contributed by atoms with Crippen LogP contribution in [0.3, 0.4) is 0 Å². The van der Waals surface area contributed by atoms with E-state index in [1.807, 2.05) is 0 Å². The molecule has 0 bridgehead atoms. The quantitative estimate of drug-likeness (QED) is 0.355. The standard InChI is InChI=1S/C27H24N4S/c1-2-7-21(8-3-1)24-18-32-27-25(24)26(28-19-29-27)31-15-13-30(14-16-31)17-22-11-6-10-20-9-4-5-12-23(20)22/h1-12,18-19H,13-17H2. The molecule has 0 N–H and O–H groups in total. The maximum absolute atomic E-state index is 4.74. The highest BCUT2D eigenvalue weighted by molar-refractivity contribution is 7.17. The highest BCUT2D eigenvalue weighted by Crippen LogP contribution is 2.38. The zero-order valence-electron chi connectivity index (χ0n) is 17.8. The highest BCUT2D eigenvalue weighted by Gasteiger charge is 2.22. The molecule has 0 amide bonds. The number of benzene rings is 3. The Hall–Kier alpha value is -3.28. The molecule has 5 heteroatoms. The largest absolute Gasteiger partial charge is 0.353 e. The van der Waals surface area contributed by atoms with Crippen molar-refractivity contribution in [3.05, 3.63) is 90.1 Å². The third kappa shape index (κ3) is 3.53. The van der Waals surface area contributed by atoms with Gasteiger partial charge in [0, 0.05) is 43.7 Å². The van der Waals surface area contributed by atoms with E-state index in [-0.39, 0.29) is 0 Å². The van der Waals surface area contributed by atoms with Crippen LogP contribution in [-0.2, 0) is 6.54 Å². The van der Waals surface area contributed by atoms with Crippen LogP contribution < -0.4 is 4.90 Å². The predicted octanol–water partition coefficient (Wildman–Crippen LogP) is 5.83. The molecule has 0 radical (unpaired) electrons. The van der Waals surface area contributed by atoms with Crippen LogP contribution in [-0.4, -0.2) is 41.0 Å². The topological polar surface area (TPSA) is 32.3 Å². The van der Waals surface area contributed by atoms with Gasteiger partial charge in [-0.2, -0.15) is 0 Å². The SMILES string of the molecule is c1ccc(-c2csc3ncnc(N4CCN(Cc5cccc6ccccc56)CC4)c23)cc1. The molecular weight excluding hydrogens is 412 g/mol. The maximum Gasteiger partial charge on any atom is 0.141 e. The first-order chi connectivity index (χ1) is 15.9. The number of aromatic nitrogens is 2. The number of fused-ring (bicyclic) bond motifs is 2. The minimum atomic E-state index is 0.973. The van der Waals surface area contributed by atoms with Crippen molar-refractivity contribution in [3.63, 3.8) is 0 Å². The molecule has 5 aromatic rings. The third-order valence-electron chi connectivity index (χ3n) is 6.38. The Morgan fingerprint density at radius 3 is 2.44 bits per heavy atom. The predicted molar refractivity (Wildman–Crippen MR) is 134 cm³/mol. The summed E-state index contributed by atoms with van der Waals surface area (Å²) < 4.78 is 0. The van der Waals surface area contributed by atoms with Gasteiger partial charge in [0.1, 0.15) is 17.0 Å². The number of thiophene rings is 1. The van der Waals surface area contributed by atoms with Crippen molar-refractivity contribution >= 4 is 38.1 Å². The molecule has 0 saturated carbocycles. The van der Waals surface area contributed by atoms with E-state index in [2.05, 4.69) is 93.0 Å². The lowest BCUT2D eigenvalue weighted by atomic mass is 10.0. The summed E-state index contributed by atoms with van der Waals surface area (Å²) in [4.78, 5) is 15.3. The van der Waals surface area contributed by atoms with Crippen LogP contribution >= 0.6 is 11.3 Å². The van der Waals surface area contributed by atoms with E-state index < -0.39 is 0 Å². The van der Waals surface area contributed by atoms with Crippen molar-refractivity contribution < 1.29 is 0 Å². The number of nitrogens with zero attached hydrogens (tertiary/aromatic N) is 4. The molecule has 1 aliphatic rings. The molecule has 4 nitrogen and oxygen atoms in total. The van der Waals surface area contributed by atoms with E-state index in [9.17, 15) is 0 Å². The van der Waals surface area contributed by atoms with E-state index in [4.69, 9.17) is 4.98 Å². The minimum Gasteiger partial charge on any atom is -0.353 e. The van der Waals surface area contributed by atoms with E-state index in [0.717, 1.165) is 43.4 Å². The summed E-state index contributed by atoms with van der Waals surface area (Å²) in [5.41, 5.74) is 3.87. The summed E-state index contributed by atoms with van der Waals surface area (Å²) in [5.74, 6) is 1.07. The average Bonchev–Trinajstić information content (AvgIpc) is 3.30. The zero-order valence-corrected chi connectivity index (χ0v) is 18.6. The number of rotatable bonds is 4. The Morgan fingerprint density at radius 2 is 1.56 bits per heavy atom.